The van der Waals surface area contributed by atoms with Gasteiger partial charge < -0.3 is 9.97 Å². The Kier molecular flexibility index (Phi) is 4.09. The Balaban J connectivity index is 1.65. The van der Waals surface area contributed by atoms with Crippen LogP contribution in [0, 0.1) is 6.92 Å². The maximum absolute atomic E-state index is 14.9. The largest absolute Gasteiger partial charge is 0.361 e. The van der Waals surface area contributed by atoms with E-state index in [2.05, 4.69) is 53.3 Å². The summed E-state index contributed by atoms with van der Waals surface area (Å²) in [6.07, 6.45) is 2.01. The highest BCUT2D eigenvalue weighted by Gasteiger charge is 2.56. The summed E-state index contributed by atoms with van der Waals surface area (Å²) in [6.45, 7) is 2.12. The third-order valence-corrected chi connectivity index (χ3v) is 7.42. The van der Waals surface area contributed by atoms with Crippen molar-refractivity contribution in [2.45, 2.75) is 12.3 Å². The number of amides is 1. The number of aryl methyl sites for hydroxylation is 1. The van der Waals surface area contributed by atoms with Crippen molar-refractivity contribution in [3.8, 4) is 0 Å². The molecule has 4 heteroatoms. The van der Waals surface area contributed by atoms with Crippen molar-refractivity contribution in [2.75, 3.05) is 4.90 Å². The van der Waals surface area contributed by atoms with Crippen molar-refractivity contribution >= 4 is 39.1 Å². The Labute approximate surface area is 202 Å². The number of hydrogen-bond donors (Lipinski definition) is 2. The molecule has 0 bridgehead atoms. The van der Waals surface area contributed by atoms with Crippen molar-refractivity contribution in [1.82, 2.24) is 9.97 Å². The highest BCUT2D eigenvalue weighted by atomic mass is 16.2. The first-order chi connectivity index (χ1) is 17.2. The Morgan fingerprint density at radius 1 is 0.686 bits per heavy atom. The maximum atomic E-state index is 14.9. The number of para-hydroxylation sites is 4. The van der Waals surface area contributed by atoms with Gasteiger partial charge in [-0.2, -0.15) is 0 Å². The van der Waals surface area contributed by atoms with Crippen molar-refractivity contribution in [2.24, 2.45) is 0 Å². The summed E-state index contributed by atoms with van der Waals surface area (Å²) in [6, 6.07) is 34.6. The van der Waals surface area contributed by atoms with E-state index in [4.69, 9.17) is 0 Å². The number of nitrogens with one attached hydrogen (secondary N) is 2. The standard InChI is InChI=1S/C31H23N3O/c1-20-22-13-5-9-17-27(22)33-29(20)31(25-19-32-26-16-8-6-14-23(25)26)24-15-7-10-18-28(24)34(30(31)35)21-11-3-2-4-12-21/h2-19,32-33H,1H3/t31-/m0/s1. The molecule has 1 amide bonds. The van der Waals surface area contributed by atoms with Gasteiger partial charge in [0.2, 0.25) is 0 Å². The molecule has 0 radical (unpaired) electrons. The minimum atomic E-state index is -1.03. The predicted octanol–water partition coefficient (Wildman–Crippen LogP) is 6.97. The predicted molar refractivity (Wildman–Crippen MR) is 141 cm³/mol. The molecule has 3 heterocycles. The van der Waals surface area contributed by atoms with Gasteiger partial charge in [0.25, 0.3) is 5.91 Å². The molecule has 2 aromatic heterocycles. The number of carbonyl (C=O) groups excluding carboxylic acids is 1. The lowest BCUT2D eigenvalue weighted by Gasteiger charge is -2.29. The van der Waals surface area contributed by atoms with Gasteiger partial charge >= 0.3 is 0 Å². The monoisotopic (exact) mass is 453 g/mol. The van der Waals surface area contributed by atoms with Gasteiger partial charge in [-0.3, -0.25) is 9.69 Å². The van der Waals surface area contributed by atoms with Crippen molar-refractivity contribution in [3.05, 3.63) is 132 Å². The second kappa shape index (κ2) is 7.21. The zero-order valence-corrected chi connectivity index (χ0v) is 19.2. The zero-order chi connectivity index (χ0) is 23.6. The van der Waals surface area contributed by atoms with E-state index in [1.165, 1.54) is 0 Å². The first-order valence-electron chi connectivity index (χ1n) is 11.8. The van der Waals surface area contributed by atoms with Gasteiger partial charge in [-0.05, 0) is 42.8 Å². The highest BCUT2D eigenvalue weighted by molar-refractivity contribution is 6.19. The number of anilines is 2. The normalized spacial score (nSPS) is 17.4. The first kappa shape index (κ1) is 19.9. The molecule has 0 saturated carbocycles. The number of fused-ring (bicyclic) bond motifs is 3. The lowest BCUT2D eigenvalue weighted by Crippen LogP contribution is -2.41. The van der Waals surface area contributed by atoms with Gasteiger partial charge in [0.1, 0.15) is 5.41 Å². The smallest absolute Gasteiger partial charge is 0.252 e. The van der Waals surface area contributed by atoms with E-state index in [0.29, 0.717) is 0 Å². The summed E-state index contributed by atoms with van der Waals surface area (Å²) in [5.41, 5.74) is 6.72. The van der Waals surface area contributed by atoms with Gasteiger partial charge in [-0.1, -0.05) is 72.8 Å². The van der Waals surface area contributed by atoms with Crippen LogP contribution in [-0.4, -0.2) is 15.9 Å². The van der Waals surface area contributed by atoms with Crippen LogP contribution in [0.15, 0.2) is 109 Å². The zero-order valence-electron chi connectivity index (χ0n) is 19.2. The Bertz CT molecular complexity index is 1740. The number of H-pyrrole nitrogens is 2. The maximum Gasteiger partial charge on any atom is 0.252 e. The number of aromatic nitrogens is 2. The fourth-order valence-corrected chi connectivity index (χ4v) is 5.89. The number of hydrogen-bond acceptors (Lipinski definition) is 1. The van der Waals surface area contributed by atoms with Crippen LogP contribution >= 0.6 is 0 Å². The van der Waals surface area contributed by atoms with E-state index in [1.54, 1.807) is 0 Å². The third-order valence-electron chi connectivity index (χ3n) is 7.42. The van der Waals surface area contributed by atoms with Crippen molar-refractivity contribution in [3.63, 3.8) is 0 Å². The fourth-order valence-electron chi connectivity index (χ4n) is 5.89. The van der Waals surface area contributed by atoms with Gasteiger partial charge in [0.15, 0.2) is 0 Å². The van der Waals surface area contributed by atoms with Crippen LogP contribution in [0.5, 0.6) is 0 Å². The highest BCUT2D eigenvalue weighted by Crippen LogP contribution is 2.54. The van der Waals surface area contributed by atoms with Crippen molar-refractivity contribution in [1.29, 1.82) is 0 Å². The van der Waals surface area contributed by atoms with E-state index >= 15 is 0 Å². The van der Waals surface area contributed by atoms with Crippen LogP contribution in [-0.2, 0) is 10.2 Å². The molecular weight excluding hydrogens is 430 g/mol. The molecule has 7 rings (SSSR count). The molecule has 0 aliphatic carbocycles. The van der Waals surface area contributed by atoms with Crippen LogP contribution in [0.1, 0.15) is 22.4 Å². The van der Waals surface area contributed by atoms with E-state index in [1.807, 2.05) is 77.8 Å². The van der Waals surface area contributed by atoms with E-state index < -0.39 is 5.41 Å². The Morgan fingerprint density at radius 3 is 2.14 bits per heavy atom. The molecule has 35 heavy (non-hydrogen) atoms. The van der Waals surface area contributed by atoms with E-state index in [9.17, 15) is 4.79 Å². The molecule has 1 atom stereocenters. The summed E-state index contributed by atoms with van der Waals surface area (Å²) in [4.78, 5) is 23.9. The van der Waals surface area contributed by atoms with Crippen LogP contribution in [0.2, 0.25) is 0 Å². The fraction of sp³-hybridized carbons (Fsp3) is 0.0645. The van der Waals surface area contributed by atoms with Crippen LogP contribution < -0.4 is 4.90 Å². The summed E-state index contributed by atoms with van der Waals surface area (Å²) < 4.78 is 0. The third kappa shape index (κ3) is 2.54. The average Bonchev–Trinajstić information content (AvgIpc) is 3.56. The number of aromatic amines is 2. The lowest BCUT2D eigenvalue weighted by molar-refractivity contribution is -0.120. The molecule has 168 valence electrons. The number of benzene rings is 4. The molecule has 1 aliphatic heterocycles. The lowest BCUT2D eigenvalue weighted by atomic mass is 9.71. The SMILES string of the molecule is Cc1c([C@]2(c3c[nH]c4ccccc34)C(=O)N(c3ccccc3)c3ccccc32)[nH]c2ccccc12. The second-order valence-electron chi connectivity index (χ2n) is 9.16. The van der Waals surface area contributed by atoms with Gasteiger partial charge in [-0.25, -0.2) is 0 Å². The molecule has 1 aliphatic rings. The Hall–Kier alpha value is -4.57. The minimum absolute atomic E-state index is 0.0179. The first-order valence-corrected chi connectivity index (χ1v) is 11.8. The molecule has 0 spiro atoms. The van der Waals surface area contributed by atoms with Crippen LogP contribution in [0.4, 0.5) is 11.4 Å². The number of carbonyl (C=O) groups is 1. The molecule has 4 aromatic carbocycles. The van der Waals surface area contributed by atoms with Gasteiger partial charge in [0, 0.05) is 50.5 Å². The molecule has 0 unspecified atom stereocenters. The Morgan fingerprint density at radius 2 is 1.34 bits per heavy atom. The van der Waals surface area contributed by atoms with Gasteiger partial charge in [-0.15, -0.1) is 0 Å². The molecule has 6 aromatic rings. The summed E-state index contributed by atoms with van der Waals surface area (Å²) in [5, 5.41) is 2.17. The summed E-state index contributed by atoms with van der Waals surface area (Å²) in [7, 11) is 0. The topological polar surface area (TPSA) is 51.9 Å². The minimum Gasteiger partial charge on any atom is -0.361 e. The van der Waals surface area contributed by atoms with Crippen LogP contribution in [0.25, 0.3) is 21.8 Å². The molecule has 0 saturated heterocycles. The average molecular weight is 454 g/mol. The van der Waals surface area contributed by atoms with E-state index in [0.717, 1.165) is 55.6 Å². The summed E-state index contributed by atoms with van der Waals surface area (Å²) in [5.74, 6) is 0.0179. The molecule has 0 fully saturated rings. The second-order valence-corrected chi connectivity index (χ2v) is 9.16. The van der Waals surface area contributed by atoms with Crippen LogP contribution in [0.3, 0.4) is 0 Å². The van der Waals surface area contributed by atoms with Crippen molar-refractivity contribution < 1.29 is 4.79 Å². The van der Waals surface area contributed by atoms with Gasteiger partial charge in [0.05, 0.1) is 5.69 Å². The number of nitrogens with zero attached hydrogens (tertiary/aromatic N) is 1. The summed E-state index contributed by atoms with van der Waals surface area (Å²) >= 11 is 0. The molecule has 2 N–H and O–H groups in total. The van der Waals surface area contributed by atoms with E-state index in [-0.39, 0.29) is 5.91 Å². The quantitative estimate of drug-likeness (QED) is 0.299. The molecule has 4 nitrogen and oxygen atoms in total. The molecular formula is C31H23N3O. The number of rotatable bonds is 3.